The number of aliphatic hydroxyl groups is 1. The standard InChI is InChI=1S/C22H23FN4O4S/c1-13(21(30)27(2)11-12-28)9-10-15(29)24-22-25-17-18(32-22)16(14-7-5-4-6-8-14)19(23)26-20(17)31-3/h4-8,28H,1,9-12H2,2-3H3,(H,24,25,29). The highest BCUT2D eigenvalue weighted by Gasteiger charge is 2.21. The number of fused-ring (bicyclic) bond motifs is 1. The summed E-state index contributed by atoms with van der Waals surface area (Å²) in [6, 6.07) is 8.94. The minimum atomic E-state index is -0.691. The van der Waals surface area contributed by atoms with Gasteiger partial charge in [-0.1, -0.05) is 48.2 Å². The van der Waals surface area contributed by atoms with E-state index in [9.17, 15) is 14.0 Å². The lowest BCUT2D eigenvalue weighted by Gasteiger charge is -2.16. The number of anilines is 1. The van der Waals surface area contributed by atoms with Crippen molar-refractivity contribution < 1.29 is 23.8 Å². The second-order valence-electron chi connectivity index (χ2n) is 6.95. The van der Waals surface area contributed by atoms with Crippen LogP contribution >= 0.6 is 11.3 Å². The predicted molar refractivity (Wildman–Crippen MR) is 121 cm³/mol. The first kappa shape index (κ1) is 23.3. The molecule has 0 unspecified atom stereocenters. The third-order valence-corrected chi connectivity index (χ3v) is 5.69. The number of aliphatic hydroxyl groups excluding tert-OH is 1. The second-order valence-corrected chi connectivity index (χ2v) is 7.95. The van der Waals surface area contributed by atoms with Crippen molar-refractivity contribution in [3.05, 3.63) is 48.4 Å². The Balaban J connectivity index is 1.79. The van der Waals surface area contributed by atoms with Crippen LogP contribution in [-0.4, -0.2) is 59.1 Å². The molecule has 10 heteroatoms. The summed E-state index contributed by atoms with van der Waals surface area (Å²) in [4.78, 5) is 34.1. The number of hydrogen-bond acceptors (Lipinski definition) is 7. The maximum Gasteiger partial charge on any atom is 0.249 e. The summed E-state index contributed by atoms with van der Waals surface area (Å²) < 4.78 is 20.4. The van der Waals surface area contributed by atoms with E-state index in [0.29, 0.717) is 15.8 Å². The summed E-state index contributed by atoms with van der Waals surface area (Å²) >= 11 is 1.11. The van der Waals surface area contributed by atoms with E-state index in [4.69, 9.17) is 9.84 Å². The second kappa shape index (κ2) is 10.3. The first-order valence-corrected chi connectivity index (χ1v) is 10.6. The zero-order valence-corrected chi connectivity index (χ0v) is 18.5. The van der Waals surface area contributed by atoms with Gasteiger partial charge in [0, 0.05) is 25.6 Å². The van der Waals surface area contributed by atoms with Crippen molar-refractivity contribution in [2.45, 2.75) is 12.8 Å². The number of rotatable bonds is 9. The van der Waals surface area contributed by atoms with Crippen LogP contribution in [0.5, 0.6) is 5.88 Å². The lowest BCUT2D eigenvalue weighted by atomic mass is 10.1. The van der Waals surface area contributed by atoms with Crippen molar-refractivity contribution in [2.24, 2.45) is 0 Å². The van der Waals surface area contributed by atoms with E-state index >= 15 is 0 Å². The molecule has 2 N–H and O–H groups in total. The SMILES string of the molecule is C=C(CCC(=O)Nc1nc2c(OC)nc(F)c(-c3ccccc3)c2s1)C(=O)N(C)CCO. The van der Waals surface area contributed by atoms with Gasteiger partial charge < -0.3 is 20.1 Å². The van der Waals surface area contributed by atoms with E-state index in [1.54, 1.807) is 31.3 Å². The fraction of sp³-hybridized carbons (Fsp3) is 0.273. The van der Waals surface area contributed by atoms with E-state index in [1.807, 2.05) is 6.07 Å². The summed E-state index contributed by atoms with van der Waals surface area (Å²) in [7, 11) is 2.92. The molecule has 0 aliphatic heterocycles. The van der Waals surface area contributed by atoms with E-state index < -0.39 is 5.95 Å². The molecular formula is C22H23FN4O4S. The molecule has 0 spiro atoms. The number of benzene rings is 1. The van der Waals surface area contributed by atoms with Gasteiger partial charge in [0.1, 0.15) is 5.52 Å². The summed E-state index contributed by atoms with van der Waals surface area (Å²) in [5.74, 6) is -1.36. The molecule has 0 saturated heterocycles. The fourth-order valence-electron chi connectivity index (χ4n) is 3.05. The minimum absolute atomic E-state index is 0.0166. The largest absolute Gasteiger partial charge is 0.479 e. The number of thiazole rings is 1. The zero-order valence-electron chi connectivity index (χ0n) is 17.7. The fourth-order valence-corrected chi connectivity index (χ4v) is 4.08. The molecule has 2 aromatic heterocycles. The Hall–Kier alpha value is -3.37. The van der Waals surface area contributed by atoms with Crippen molar-refractivity contribution in [3.63, 3.8) is 0 Å². The number of nitrogens with zero attached hydrogens (tertiary/aromatic N) is 3. The number of likely N-dealkylation sites (N-methyl/N-ethyl adjacent to an activating group) is 1. The lowest BCUT2D eigenvalue weighted by molar-refractivity contribution is -0.126. The summed E-state index contributed by atoms with van der Waals surface area (Å²) in [5, 5.41) is 11.9. The van der Waals surface area contributed by atoms with Gasteiger partial charge in [0.25, 0.3) is 0 Å². The van der Waals surface area contributed by atoms with Gasteiger partial charge in [-0.15, -0.1) is 0 Å². The molecule has 0 atom stereocenters. The zero-order chi connectivity index (χ0) is 23.3. The Morgan fingerprint density at radius 3 is 2.62 bits per heavy atom. The number of carbonyl (C=O) groups is 2. The highest BCUT2D eigenvalue weighted by atomic mass is 32.1. The lowest BCUT2D eigenvalue weighted by Crippen LogP contribution is -2.30. The molecule has 0 aliphatic carbocycles. The molecule has 32 heavy (non-hydrogen) atoms. The molecule has 0 radical (unpaired) electrons. The number of carbonyl (C=O) groups excluding carboxylic acids is 2. The number of ether oxygens (including phenoxy) is 1. The van der Waals surface area contributed by atoms with Crippen molar-refractivity contribution >= 4 is 38.5 Å². The number of pyridine rings is 1. The van der Waals surface area contributed by atoms with Crippen molar-refractivity contribution in [2.75, 3.05) is 32.6 Å². The van der Waals surface area contributed by atoms with Crippen LogP contribution in [0, 0.1) is 5.95 Å². The number of halogens is 1. The number of methoxy groups -OCH3 is 1. The molecular weight excluding hydrogens is 435 g/mol. The molecule has 2 amide bonds. The van der Waals surface area contributed by atoms with Gasteiger partial charge in [0.05, 0.1) is 24.0 Å². The van der Waals surface area contributed by atoms with Gasteiger partial charge in [0.2, 0.25) is 23.6 Å². The number of aromatic nitrogens is 2. The Morgan fingerprint density at radius 1 is 1.25 bits per heavy atom. The molecule has 168 valence electrons. The van der Waals surface area contributed by atoms with Crippen LogP contribution in [0.25, 0.3) is 21.3 Å². The van der Waals surface area contributed by atoms with Gasteiger partial charge in [-0.25, -0.2) is 4.98 Å². The topological polar surface area (TPSA) is 105 Å². The van der Waals surface area contributed by atoms with Crippen LogP contribution in [0.3, 0.4) is 0 Å². The van der Waals surface area contributed by atoms with E-state index in [0.717, 1.165) is 11.3 Å². The maximum atomic E-state index is 14.8. The van der Waals surface area contributed by atoms with Crippen molar-refractivity contribution in [1.29, 1.82) is 0 Å². The van der Waals surface area contributed by atoms with Gasteiger partial charge in [-0.3, -0.25) is 9.59 Å². The Kier molecular flexibility index (Phi) is 7.49. The first-order valence-electron chi connectivity index (χ1n) is 9.79. The van der Waals surface area contributed by atoms with Crippen LogP contribution in [0.1, 0.15) is 12.8 Å². The third-order valence-electron chi connectivity index (χ3n) is 4.70. The molecule has 0 bridgehead atoms. The van der Waals surface area contributed by atoms with Crippen molar-refractivity contribution in [3.8, 4) is 17.0 Å². The molecule has 3 aromatic rings. The highest BCUT2D eigenvalue weighted by Crippen LogP contribution is 2.39. The Labute approximate surface area is 188 Å². The predicted octanol–water partition coefficient (Wildman–Crippen LogP) is 3.23. The molecule has 8 nitrogen and oxygen atoms in total. The monoisotopic (exact) mass is 458 g/mol. The smallest absolute Gasteiger partial charge is 0.249 e. The van der Waals surface area contributed by atoms with Gasteiger partial charge in [0.15, 0.2) is 5.13 Å². The van der Waals surface area contributed by atoms with Crippen LogP contribution in [0.4, 0.5) is 9.52 Å². The summed E-state index contributed by atoms with van der Waals surface area (Å²) in [6.45, 7) is 3.75. The van der Waals surface area contributed by atoms with E-state index in [1.165, 1.54) is 12.0 Å². The van der Waals surface area contributed by atoms with Gasteiger partial charge >= 0.3 is 0 Å². The summed E-state index contributed by atoms with van der Waals surface area (Å²) in [6.07, 6.45) is 0.169. The average molecular weight is 459 g/mol. The summed E-state index contributed by atoms with van der Waals surface area (Å²) in [5.41, 5.74) is 1.52. The molecule has 0 saturated carbocycles. The maximum absolute atomic E-state index is 14.8. The number of nitrogens with one attached hydrogen (secondary N) is 1. The third kappa shape index (κ3) is 5.09. The number of hydrogen-bond donors (Lipinski definition) is 2. The van der Waals surface area contributed by atoms with E-state index in [2.05, 4.69) is 21.9 Å². The van der Waals surface area contributed by atoms with Crippen LogP contribution in [0.15, 0.2) is 42.5 Å². The minimum Gasteiger partial charge on any atom is -0.479 e. The van der Waals surface area contributed by atoms with Gasteiger partial charge in [-0.2, -0.15) is 9.37 Å². The molecule has 1 aromatic carbocycles. The molecule has 2 heterocycles. The van der Waals surface area contributed by atoms with Gasteiger partial charge in [-0.05, 0) is 12.0 Å². The molecule has 0 fully saturated rings. The Bertz CT molecular complexity index is 1150. The molecule has 3 rings (SSSR count). The normalized spacial score (nSPS) is 10.8. The highest BCUT2D eigenvalue weighted by molar-refractivity contribution is 7.23. The molecule has 0 aliphatic rings. The van der Waals surface area contributed by atoms with Crippen LogP contribution < -0.4 is 10.1 Å². The van der Waals surface area contributed by atoms with Crippen LogP contribution in [0.2, 0.25) is 0 Å². The number of amides is 2. The average Bonchev–Trinajstić information content (AvgIpc) is 3.20. The van der Waals surface area contributed by atoms with Crippen LogP contribution in [-0.2, 0) is 9.59 Å². The van der Waals surface area contributed by atoms with E-state index in [-0.39, 0.29) is 60.0 Å². The Morgan fingerprint density at radius 2 is 1.97 bits per heavy atom. The quantitative estimate of drug-likeness (QED) is 0.377. The first-order chi connectivity index (χ1) is 15.3. The van der Waals surface area contributed by atoms with Crippen molar-refractivity contribution in [1.82, 2.24) is 14.9 Å².